The average Bonchev–Trinajstić information content (AvgIpc) is 3.05. The van der Waals surface area contributed by atoms with E-state index in [-0.39, 0.29) is 47.7 Å². The highest BCUT2D eigenvalue weighted by molar-refractivity contribution is 5.88. The molecule has 1 fully saturated rings. The zero-order chi connectivity index (χ0) is 29.0. The second-order valence-corrected chi connectivity index (χ2v) is 9.28. The van der Waals surface area contributed by atoms with Gasteiger partial charge in [0.2, 0.25) is 18.0 Å². The van der Waals surface area contributed by atoms with Crippen molar-refractivity contribution >= 4 is 11.0 Å². The van der Waals surface area contributed by atoms with Gasteiger partial charge in [-0.15, -0.1) is 0 Å². The fourth-order valence-electron chi connectivity index (χ4n) is 4.16. The van der Waals surface area contributed by atoms with Crippen LogP contribution in [0, 0.1) is 0 Å². The third kappa shape index (κ3) is 6.54. The summed E-state index contributed by atoms with van der Waals surface area (Å²) in [5.41, 5.74) is 0.162. The van der Waals surface area contributed by atoms with Crippen LogP contribution >= 0.6 is 0 Å². The minimum Gasteiger partial charge on any atom is -0.497 e. The molecule has 1 aliphatic heterocycles. The Bertz CT molecular complexity index is 1320. The predicted molar refractivity (Wildman–Crippen MR) is 138 cm³/mol. The number of methoxy groups -OCH3 is 2. The van der Waals surface area contributed by atoms with E-state index in [1.54, 1.807) is 24.3 Å². The van der Waals surface area contributed by atoms with Gasteiger partial charge in [-0.25, -0.2) is 0 Å². The summed E-state index contributed by atoms with van der Waals surface area (Å²) in [6, 6.07) is 9.16. The average molecular weight is 565 g/mol. The summed E-state index contributed by atoms with van der Waals surface area (Å²) in [4.78, 5) is 13.7. The lowest BCUT2D eigenvalue weighted by molar-refractivity contribution is -0.153. The Morgan fingerprint density at radius 3 is 2.38 bits per heavy atom. The highest BCUT2D eigenvalue weighted by Crippen LogP contribution is 2.34. The van der Waals surface area contributed by atoms with Gasteiger partial charge in [0.15, 0.2) is 0 Å². The first kappa shape index (κ1) is 29.7. The summed E-state index contributed by atoms with van der Waals surface area (Å²) in [5.74, 6) is 0.285. The quantitative estimate of drug-likeness (QED) is 0.176. The Morgan fingerprint density at radius 1 is 0.975 bits per heavy atom. The van der Waals surface area contributed by atoms with Gasteiger partial charge in [0, 0.05) is 25.7 Å². The molecule has 40 heavy (non-hydrogen) atoms. The first-order valence-corrected chi connectivity index (χ1v) is 12.4. The Hall–Kier alpha value is -3.27. The van der Waals surface area contributed by atoms with Crippen molar-refractivity contribution in [1.29, 1.82) is 0 Å². The predicted octanol–water partition coefficient (Wildman–Crippen LogP) is -0.258. The fraction of sp³-hybridized carbons (Fsp3) is 0.444. The Balaban J connectivity index is 1.76. The lowest BCUT2D eigenvalue weighted by Gasteiger charge is -2.25. The molecule has 3 aromatic rings. The number of rotatable bonds is 10. The van der Waals surface area contributed by atoms with Gasteiger partial charge in [0.1, 0.15) is 58.9 Å². The highest BCUT2D eigenvalue weighted by atomic mass is 16.7. The molecule has 7 atom stereocenters. The molecule has 4 rings (SSSR count). The van der Waals surface area contributed by atoms with Crippen molar-refractivity contribution in [2.24, 2.45) is 0 Å². The second-order valence-electron chi connectivity index (χ2n) is 9.28. The van der Waals surface area contributed by atoms with Crippen LogP contribution in [0.25, 0.3) is 22.1 Å². The van der Waals surface area contributed by atoms with Crippen LogP contribution < -0.4 is 19.6 Å². The largest absolute Gasteiger partial charge is 0.497 e. The molecule has 0 radical (unpaired) electrons. The zero-order valence-corrected chi connectivity index (χ0v) is 21.7. The van der Waals surface area contributed by atoms with Crippen LogP contribution in [0.5, 0.6) is 17.2 Å². The van der Waals surface area contributed by atoms with E-state index in [0.717, 1.165) is 0 Å². The summed E-state index contributed by atoms with van der Waals surface area (Å²) in [6.45, 7) is -0.629. The van der Waals surface area contributed by atoms with Gasteiger partial charge < -0.3 is 58.7 Å². The number of ether oxygens (including phenoxy) is 5. The first-order valence-electron chi connectivity index (χ1n) is 12.4. The second kappa shape index (κ2) is 12.9. The molecule has 0 saturated carbocycles. The number of aliphatic hydroxyl groups is 6. The van der Waals surface area contributed by atoms with E-state index in [9.17, 15) is 35.4 Å². The summed E-state index contributed by atoms with van der Waals surface area (Å²) < 4.78 is 32.4. The minimum absolute atomic E-state index is 0.0305. The van der Waals surface area contributed by atoms with E-state index in [1.165, 1.54) is 32.6 Å². The highest BCUT2D eigenvalue weighted by Gasteiger charge is 2.34. The van der Waals surface area contributed by atoms with Gasteiger partial charge in [-0.1, -0.05) is 12.1 Å². The van der Waals surface area contributed by atoms with Crippen molar-refractivity contribution in [3.05, 3.63) is 52.9 Å². The molecule has 0 bridgehead atoms. The molecule has 13 heteroatoms. The molecule has 1 aliphatic rings. The summed E-state index contributed by atoms with van der Waals surface area (Å²) in [6.07, 6.45) is -9.49. The number of hydrogen-bond donors (Lipinski definition) is 6. The van der Waals surface area contributed by atoms with E-state index in [2.05, 4.69) is 0 Å². The molecule has 6 N–H and O–H groups in total. The van der Waals surface area contributed by atoms with Crippen molar-refractivity contribution in [3.63, 3.8) is 0 Å². The van der Waals surface area contributed by atoms with Crippen LogP contribution in [0.15, 0.2) is 51.9 Å². The summed E-state index contributed by atoms with van der Waals surface area (Å²) >= 11 is 0. The molecular weight excluding hydrogens is 532 g/mol. The molecule has 0 spiro atoms. The van der Waals surface area contributed by atoms with Gasteiger partial charge in [-0.3, -0.25) is 4.79 Å². The van der Waals surface area contributed by atoms with Crippen molar-refractivity contribution in [3.8, 4) is 28.4 Å². The first-order chi connectivity index (χ1) is 19.1. The number of benzene rings is 2. The molecule has 2 heterocycles. The topological polar surface area (TPSA) is 198 Å². The van der Waals surface area contributed by atoms with Crippen LogP contribution in [0.1, 0.15) is 6.42 Å². The number of fused-ring (bicyclic) bond motifs is 1. The van der Waals surface area contributed by atoms with Crippen LogP contribution in [-0.2, 0) is 9.47 Å². The monoisotopic (exact) mass is 564 g/mol. The third-order valence-electron chi connectivity index (χ3n) is 6.41. The molecular formula is C27H32O13. The van der Waals surface area contributed by atoms with Crippen LogP contribution in [0.4, 0.5) is 0 Å². The van der Waals surface area contributed by atoms with Crippen LogP contribution in [0.3, 0.4) is 0 Å². The number of aliphatic hydroxyl groups excluding tert-OH is 6. The maximum absolute atomic E-state index is 13.7. The fourth-order valence-corrected chi connectivity index (χ4v) is 4.16. The number of hydrogen-bond acceptors (Lipinski definition) is 13. The van der Waals surface area contributed by atoms with E-state index in [4.69, 9.17) is 28.1 Å². The van der Waals surface area contributed by atoms with E-state index in [0.29, 0.717) is 11.3 Å². The van der Waals surface area contributed by atoms with E-state index in [1.807, 2.05) is 0 Å². The van der Waals surface area contributed by atoms with Crippen LogP contribution in [0.2, 0.25) is 0 Å². The minimum atomic E-state index is -1.91. The molecule has 0 amide bonds. The van der Waals surface area contributed by atoms with Gasteiger partial charge in [0.05, 0.1) is 32.0 Å². The molecule has 4 unspecified atom stereocenters. The van der Waals surface area contributed by atoms with Crippen LogP contribution in [-0.4, -0.2) is 101 Å². The van der Waals surface area contributed by atoms with E-state index < -0.39 is 48.5 Å². The van der Waals surface area contributed by atoms with Gasteiger partial charge in [-0.05, 0) is 17.7 Å². The van der Waals surface area contributed by atoms with Crippen molar-refractivity contribution < 1.29 is 58.7 Å². The molecule has 218 valence electrons. The maximum atomic E-state index is 13.7. The Kier molecular flexibility index (Phi) is 9.60. The standard InChI is InChI=1S/C27H32O13/c1-35-11-20(31)25(33)26(34)39-15-7-21-23(22(8-15)40-27-18(29)9-17(28)19(30)12-38-27)24(32)16(10-37-21)13-3-5-14(36-2)6-4-13/h3-8,10,17-20,25-31,33-34H,9,11-12H2,1-2H3/t17-,18+,19?,20?,25?,26-,27?/m1/s1. The van der Waals surface area contributed by atoms with Crippen molar-refractivity contribution in [2.45, 2.75) is 49.5 Å². The maximum Gasteiger partial charge on any atom is 0.226 e. The lowest BCUT2D eigenvalue weighted by Crippen LogP contribution is -2.42. The van der Waals surface area contributed by atoms with Gasteiger partial charge >= 0.3 is 0 Å². The Labute approximate surface area is 228 Å². The molecule has 13 nitrogen and oxygen atoms in total. The molecule has 1 aromatic heterocycles. The normalized spacial score (nSPS) is 23.7. The van der Waals surface area contributed by atoms with Gasteiger partial charge in [-0.2, -0.15) is 0 Å². The molecule has 1 saturated heterocycles. The lowest BCUT2D eigenvalue weighted by atomic mass is 10.0. The molecule has 2 aromatic carbocycles. The molecule has 0 aliphatic carbocycles. The van der Waals surface area contributed by atoms with E-state index >= 15 is 0 Å². The third-order valence-corrected chi connectivity index (χ3v) is 6.41. The van der Waals surface area contributed by atoms with Crippen molar-refractivity contribution in [1.82, 2.24) is 0 Å². The summed E-state index contributed by atoms with van der Waals surface area (Å²) in [5, 5.41) is 60.8. The zero-order valence-electron chi connectivity index (χ0n) is 21.7. The smallest absolute Gasteiger partial charge is 0.226 e. The van der Waals surface area contributed by atoms with Gasteiger partial charge in [0.25, 0.3) is 0 Å². The van der Waals surface area contributed by atoms with Crippen molar-refractivity contribution in [2.75, 3.05) is 27.4 Å². The summed E-state index contributed by atoms with van der Waals surface area (Å²) in [7, 11) is 2.82. The SMILES string of the molecule is COCC(O)C(O)[C@H](O)Oc1cc(OC2OCC(O)[C@H](O)C[C@@H]2O)c2c(=O)c(-c3ccc(OC)cc3)coc2c1. The Morgan fingerprint density at radius 2 is 1.70 bits per heavy atom.